The molecule has 2 rings (SSSR count). The maximum Gasteiger partial charge on any atom is 0.00700 e. The lowest BCUT2D eigenvalue weighted by Crippen LogP contribution is -2.44. The predicted molar refractivity (Wildman–Crippen MR) is 79.8 cm³/mol. The number of hydrogen-bond donors (Lipinski definition) is 1. The third kappa shape index (κ3) is 3.29. The molecule has 0 saturated heterocycles. The van der Waals surface area contributed by atoms with E-state index in [0.29, 0.717) is 5.41 Å². The van der Waals surface area contributed by atoms with Crippen LogP contribution in [0.25, 0.3) is 0 Å². The lowest BCUT2D eigenvalue weighted by Gasteiger charge is -2.44. The Kier molecular flexibility index (Phi) is 5.12. The molecule has 1 N–H and O–H groups in total. The van der Waals surface area contributed by atoms with E-state index in [2.05, 4.69) is 26.1 Å². The SMILES string of the molecule is CCC1(C(C)C)CCC(NC2CCCCC2)CC1. The Morgan fingerprint density at radius 1 is 0.944 bits per heavy atom. The second-order valence-corrected chi connectivity index (χ2v) is 7.15. The lowest BCUT2D eigenvalue weighted by atomic mass is 9.64. The maximum absolute atomic E-state index is 3.96. The maximum atomic E-state index is 3.96. The topological polar surface area (TPSA) is 12.0 Å². The molecule has 18 heavy (non-hydrogen) atoms. The van der Waals surface area contributed by atoms with Crippen LogP contribution in [0.15, 0.2) is 0 Å². The molecule has 0 radical (unpaired) electrons. The highest BCUT2D eigenvalue weighted by Gasteiger charge is 2.36. The molecule has 0 atom stereocenters. The summed E-state index contributed by atoms with van der Waals surface area (Å²) in [6.07, 6.45) is 14.3. The van der Waals surface area contributed by atoms with Gasteiger partial charge in [0.15, 0.2) is 0 Å². The summed E-state index contributed by atoms with van der Waals surface area (Å²) in [7, 11) is 0. The second kappa shape index (κ2) is 6.41. The Bertz CT molecular complexity index is 232. The van der Waals surface area contributed by atoms with Crippen molar-refractivity contribution in [3.8, 4) is 0 Å². The number of hydrogen-bond acceptors (Lipinski definition) is 1. The molecule has 0 aliphatic heterocycles. The Morgan fingerprint density at radius 3 is 2.00 bits per heavy atom. The number of nitrogens with one attached hydrogen (secondary N) is 1. The minimum atomic E-state index is 0.657. The fourth-order valence-corrected chi connectivity index (χ4v) is 4.30. The molecule has 0 unspecified atom stereocenters. The summed E-state index contributed by atoms with van der Waals surface area (Å²) in [5.74, 6) is 0.859. The predicted octanol–water partition coefficient (Wildman–Crippen LogP) is 4.90. The first-order valence-electron chi connectivity index (χ1n) is 8.42. The Hall–Kier alpha value is -0.0400. The molecule has 106 valence electrons. The third-order valence-electron chi connectivity index (χ3n) is 5.99. The molecule has 2 fully saturated rings. The quantitative estimate of drug-likeness (QED) is 0.749. The number of rotatable bonds is 4. The largest absolute Gasteiger partial charge is 0.311 e. The summed E-state index contributed by atoms with van der Waals surface area (Å²) in [6, 6.07) is 1.67. The second-order valence-electron chi connectivity index (χ2n) is 7.15. The van der Waals surface area contributed by atoms with Gasteiger partial charge in [0.1, 0.15) is 0 Å². The normalized spacial score (nSPS) is 35.0. The molecule has 0 amide bonds. The van der Waals surface area contributed by atoms with Crippen LogP contribution in [0.1, 0.15) is 85.0 Å². The summed E-state index contributed by atoms with van der Waals surface area (Å²) in [4.78, 5) is 0. The Balaban J connectivity index is 1.78. The zero-order valence-electron chi connectivity index (χ0n) is 12.8. The molecular weight excluding hydrogens is 218 g/mol. The molecule has 0 bridgehead atoms. The van der Waals surface area contributed by atoms with Crippen molar-refractivity contribution in [1.82, 2.24) is 5.32 Å². The van der Waals surface area contributed by atoms with Crippen molar-refractivity contribution in [3.63, 3.8) is 0 Å². The van der Waals surface area contributed by atoms with Gasteiger partial charge in [-0.25, -0.2) is 0 Å². The van der Waals surface area contributed by atoms with Crippen LogP contribution in [-0.4, -0.2) is 12.1 Å². The van der Waals surface area contributed by atoms with E-state index in [-0.39, 0.29) is 0 Å². The van der Waals surface area contributed by atoms with Gasteiger partial charge in [0.2, 0.25) is 0 Å². The van der Waals surface area contributed by atoms with Crippen LogP contribution < -0.4 is 5.32 Å². The van der Waals surface area contributed by atoms with Crippen molar-refractivity contribution in [2.24, 2.45) is 11.3 Å². The average Bonchev–Trinajstić information content (AvgIpc) is 2.41. The first-order chi connectivity index (χ1) is 8.66. The molecule has 0 aromatic rings. The average molecular weight is 251 g/mol. The van der Waals surface area contributed by atoms with Gasteiger partial charge >= 0.3 is 0 Å². The van der Waals surface area contributed by atoms with Gasteiger partial charge in [-0.2, -0.15) is 0 Å². The molecule has 0 aromatic carbocycles. The van der Waals surface area contributed by atoms with Gasteiger partial charge in [-0.15, -0.1) is 0 Å². The van der Waals surface area contributed by atoms with Crippen LogP contribution >= 0.6 is 0 Å². The molecule has 2 saturated carbocycles. The van der Waals surface area contributed by atoms with E-state index in [1.807, 2.05) is 0 Å². The Labute approximate surface area is 114 Å². The van der Waals surface area contributed by atoms with Crippen molar-refractivity contribution in [1.29, 1.82) is 0 Å². The van der Waals surface area contributed by atoms with Gasteiger partial charge in [0, 0.05) is 12.1 Å². The molecule has 0 spiro atoms. The summed E-state index contributed by atoms with van der Waals surface area (Å²) >= 11 is 0. The molecule has 0 heterocycles. The van der Waals surface area contributed by atoms with E-state index in [4.69, 9.17) is 0 Å². The van der Waals surface area contributed by atoms with Gasteiger partial charge in [-0.3, -0.25) is 0 Å². The molecule has 1 heteroatoms. The van der Waals surface area contributed by atoms with E-state index in [9.17, 15) is 0 Å². The summed E-state index contributed by atoms with van der Waals surface area (Å²) in [5, 5.41) is 3.96. The zero-order chi connectivity index (χ0) is 13.0. The molecular formula is C17H33N. The van der Waals surface area contributed by atoms with Crippen LogP contribution in [0.5, 0.6) is 0 Å². The van der Waals surface area contributed by atoms with Crippen molar-refractivity contribution >= 4 is 0 Å². The summed E-state index contributed by atoms with van der Waals surface area (Å²) < 4.78 is 0. The standard InChI is InChI=1S/C17H33N/c1-4-17(14(2)3)12-10-16(11-13-17)18-15-8-6-5-7-9-15/h14-16,18H,4-13H2,1-3H3. The van der Waals surface area contributed by atoms with E-state index in [1.165, 1.54) is 64.2 Å². The monoisotopic (exact) mass is 251 g/mol. The highest BCUT2D eigenvalue weighted by molar-refractivity contribution is 4.90. The summed E-state index contributed by atoms with van der Waals surface area (Å²) in [5.41, 5.74) is 0.657. The van der Waals surface area contributed by atoms with E-state index < -0.39 is 0 Å². The van der Waals surface area contributed by atoms with E-state index >= 15 is 0 Å². The highest BCUT2D eigenvalue weighted by Crippen LogP contribution is 2.45. The van der Waals surface area contributed by atoms with Crippen LogP contribution in [0.3, 0.4) is 0 Å². The van der Waals surface area contributed by atoms with Crippen LogP contribution in [0.4, 0.5) is 0 Å². The Morgan fingerprint density at radius 2 is 1.50 bits per heavy atom. The lowest BCUT2D eigenvalue weighted by molar-refractivity contribution is 0.0908. The minimum absolute atomic E-state index is 0.657. The van der Waals surface area contributed by atoms with Crippen LogP contribution in [0, 0.1) is 11.3 Å². The van der Waals surface area contributed by atoms with Crippen LogP contribution in [0.2, 0.25) is 0 Å². The van der Waals surface area contributed by atoms with Crippen molar-refractivity contribution in [3.05, 3.63) is 0 Å². The van der Waals surface area contributed by atoms with Crippen LogP contribution in [-0.2, 0) is 0 Å². The first kappa shape index (κ1) is 14.4. The van der Waals surface area contributed by atoms with Gasteiger partial charge in [0.05, 0.1) is 0 Å². The van der Waals surface area contributed by atoms with Gasteiger partial charge in [-0.05, 0) is 49.9 Å². The van der Waals surface area contributed by atoms with Gasteiger partial charge in [0.25, 0.3) is 0 Å². The minimum Gasteiger partial charge on any atom is -0.311 e. The smallest absolute Gasteiger partial charge is 0.00700 e. The zero-order valence-corrected chi connectivity index (χ0v) is 12.8. The van der Waals surface area contributed by atoms with E-state index in [0.717, 1.165) is 18.0 Å². The highest BCUT2D eigenvalue weighted by atomic mass is 15.0. The molecule has 2 aliphatic carbocycles. The van der Waals surface area contributed by atoms with Gasteiger partial charge in [-0.1, -0.05) is 46.5 Å². The third-order valence-corrected chi connectivity index (χ3v) is 5.99. The fraction of sp³-hybridized carbons (Fsp3) is 1.00. The first-order valence-corrected chi connectivity index (χ1v) is 8.42. The molecule has 1 nitrogen and oxygen atoms in total. The molecule has 2 aliphatic rings. The molecule has 0 aromatic heterocycles. The van der Waals surface area contributed by atoms with Gasteiger partial charge < -0.3 is 5.32 Å². The van der Waals surface area contributed by atoms with Crippen molar-refractivity contribution in [2.45, 2.75) is 97.1 Å². The van der Waals surface area contributed by atoms with Crippen molar-refractivity contribution < 1.29 is 0 Å². The van der Waals surface area contributed by atoms with E-state index in [1.54, 1.807) is 0 Å². The fourth-order valence-electron chi connectivity index (χ4n) is 4.30. The summed E-state index contributed by atoms with van der Waals surface area (Å²) in [6.45, 7) is 7.26. The van der Waals surface area contributed by atoms with Crippen molar-refractivity contribution in [2.75, 3.05) is 0 Å².